The summed E-state index contributed by atoms with van der Waals surface area (Å²) in [5.41, 5.74) is 4.46. The lowest BCUT2D eigenvalue weighted by Gasteiger charge is -2.47. The summed E-state index contributed by atoms with van der Waals surface area (Å²) in [6.07, 6.45) is 11.6. The van der Waals surface area contributed by atoms with Crippen LogP contribution in [0, 0.1) is 5.92 Å². The first-order chi connectivity index (χ1) is 14.4. The fourth-order valence-corrected chi connectivity index (χ4v) is 6.06. The first-order valence-electron chi connectivity index (χ1n) is 11.6. The minimum Gasteiger partial charge on any atom is -0.480 e. The summed E-state index contributed by atoms with van der Waals surface area (Å²) in [4.78, 5) is 39.1. The molecule has 0 spiro atoms. The Morgan fingerprint density at radius 1 is 1.13 bits per heavy atom. The van der Waals surface area contributed by atoms with Crippen LogP contribution in [0.4, 0.5) is 4.79 Å². The van der Waals surface area contributed by atoms with Gasteiger partial charge in [-0.3, -0.25) is 4.90 Å². The molecule has 4 unspecified atom stereocenters. The molecule has 0 radical (unpaired) electrons. The lowest BCUT2D eigenvalue weighted by Crippen LogP contribution is -2.63. The highest BCUT2D eigenvalue weighted by atomic mass is 16.4. The van der Waals surface area contributed by atoms with Gasteiger partial charge < -0.3 is 26.3 Å². The third-order valence-corrected chi connectivity index (χ3v) is 7.57. The zero-order valence-corrected chi connectivity index (χ0v) is 18.1. The molecule has 2 aliphatic heterocycles. The number of nitrogens with two attached hydrogens (primary N) is 1. The van der Waals surface area contributed by atoms with Crippen LogP contribution in [-0.4, -0.2) is 64.5 Å². The fraction of sp³-hybridized carbons (Fsp3) is 0.864. The van der Waals surface area contributed by atoms with Crippen LogP contribution in [0.5, 0.6) is 0 Å². The van der Waals surface area contributed by atoms with Gasteiger partial charge in [0, 0.05) is 24.0 Å². The molecule has 1 aliphatic carbocycles. The number of nitrogens with one attached hydrogen (secondary N) is 2. The Bertz CT molecular complexity index is 610. The number of urea groups is 1. The number of hydrogen-bond donors (Lipinski definition) is 4. The fourth-order valence-electron chi connectivity index (χ4n) is 6.06. The van der Waals surface area contributed by atoms with E-state index in [1.54, 1.807) is 6.92 Å². The van der Waals surface area contributed by atoms with E-state index in [1.165, 1.54) is 25.7 Å². The quantitative estimate of drug-likeness (QED) is 0.315. The molecule has 2 amide bonds. The molecule has 2 bridgehead atoms. The van der Waals surface area contributed by atoms with Crippen LogP contribution in [0.2, 0.25) is 0 Å². The number of aldehydes is 1. The SMILES string of the molecule is CC(C=O)(NC(=O)NC(CCCCN)C(=O)O)C1CCCCC1N1C2CCC1CC2. The van der Waals surface area contributed by atoms with Crippen molar-refractivity contribution >= 4 is 18.3 Å². The van der Waals surface area contributed by atoms with Crippen LogP contribution < -0.4 is 16.4 Å². The first kappa shape index (κ1) is 23.0. The Kier molecular flexibility index (Phi) is 7.74. The monoisotopic (exact) mass is 422 g/mol. The average Bonchev–Trinajstić information content (AvgIpc) is 3.33. The normalized spacial score (nSPS) is 31.7. The van der Waals surface area contributed by atoms with Gasteiger partial charge in [0.15, 0.2) is 0 Å². The number of aliphatic carboxylic acids is 1. The maximum atomic E-state index is 12.7. The molecule has 170 valence electrons. The molecule has 0 aromatic rings. The van der Waals surface area contributed by atoms with Gasteiger partial charge in [0.1, 0.15) is 12.3 Å². The van der Waals surface area contributed by atoms with Gasteiger partial charge in [-0.2, -0.15) is 0 Å². The number of amides is 2. The molecule has 8 nitrogen and oxygen atoms in total. The van der Waals surface area contributed by atoms with Gasteiger partial charge in [0.25, 0.3) is 0 Å². The predicted octanol–water partition coefficient (Wildman–Crippen LogP) is 2.01. The minimum absolute atomic E-state index is 0.0382. The lowest BCUT2D eigenvalue weighted by molar-refractivity contribution is -0.139. The highest BCUT2D eigenvalue weighted by Crippen LogP contribution is 2.45. The molecule has 0 aromatic heterocycles. The Balaban J connectivity index is 1.67. The summed E-state index contributed by atoms with van der Waals surface area (Å²) in [5, 5.41) is 14.8. The van der Waals surface area contributed by atoms with Crippen LogP contribution in [-0.2, 0) is 9.59 Å². The van der Waals surface area contributed by atoms with Gasteiger partial charge in [-0.05, 0) is 71.3 Å². The molecule has 3 fully saturated rings. The number of fused-ring (bicyclic) bond motifs is 2. The van der Waals surface area contributed by atoms with Crippen LogP contribution >= 0.6 is 0 Å². The summed E-state index contributed by atoms with van der Waals surface area (Å²) < 4.78 is 0. The summed E-state index contributed by atoms with van der Waals surface area (Å²) in [7, 11) is 0. The van der Waals surface area contributed by atoms with Crippen molar-refractivity contribution in [3.05, 3.63) is 0 Å². The predicted molar refractivity (Wildman–Crippen MR) is 114 cm³/mol. The molecule has 8 heteroatoms. The van der Waals surface area contributed by atoms with E-state index in [1.807, 2.05) is 0 Å². The first-order valence-corrected chi connectivity index (χ1v) is 11.6. The molecule has 1 saturated carbocycles. The van der Waals surface area contributed by atoms with E-state index < -0.39 is 23.6 Å². The second kappa shape index (κ2) is 10.1. The highest BCUT2D eigenvalue weighted by molar-refractivity contribution is 5.85. The van der Waals surface area contributed by atoms with Crippen molar-refractivity contribution in [3.8, 4) is 0 Å². The zero-order chi connectivity index (χ0) is 21.7. The van der Waals surface area contributed by atoms with Gasteiger partial charge in [0.2, 0.25) is 0 Å². The molecule has 30 heavy (non-hydrogen) atoms. The van der Waals surface area contributed by atoms with E-state index in [4.69, 9.17) is 5.73 Å². The third kappa shape index (κ3) is 4.97. The number of hydrogen-bond acceptors (Lipinski definition) is 5. The smallest absolute Gasteiger partial charge is 0.326 e. The number of carbonyl (C=O) groups excluding carboxylic acids is 2. The van der Waals surface area contributed by atoms with Gasteiger partial charge in [-0.25, -0.2) is 9.59 Å². The van der Waals surface area contributed by atoms with E-state index in [9.17, 15) is 19.5 Å². The van der Waals surface area contributed by atoms with Crippen LogP contribution in [0.3, 0.4) is 0 Å². The van der Waals surface area contributed by atoms with Crippen molar-refractivity contribution in [1.29, 1.82) is 0 Å². The van der Waals surface area contributed by atoms with Crippen molar-refractivity contribution in [1.82, 2.24) is 15.5 Å². The number of carboxylic acids is 1. The average molecular weight is 423 g/mol. The van der Waals surface area contributed by atoms with Gasteiger partial charge in [0.05, 0.1) is 5.54 Å². The number of carboxylic acid groups (broad SMARTS) is 1. The van der Waals surface area contributed by atoms with Gasteiger partial charge in [-0.15, -0.1) is 0 Å². The second-order valence-corrected chi connectivity index (χ2v) is 9.54. The van der Waals surface area contributed by atoms with E-state index in [2.05, 4.69) is 15.5 Å². The van der Waals surface area contributed by atoms with Crippen molar-refractivity contribution in [2.24, 2.45) is 11.7 Å². The van der Waals surface area contributed by atoms with Gasteiger partial charge >= 0.3 is 12.0 Å². The van der Waals surface area contributed by atoms with Crippen LogP contribution in [0.1, 0.15) is 77.6 Å². The summed E-state index contributed by atoms with van der Waals surface area (Å²) >= 11 is 0. The number of rotatable bonds is 10. The molecule has 3 rings (SSSR count). The highest BCUT2D eigenvalue weighted by Gasteiger charge is 2.50. The summed E-state index contributed by atoms with van der Waals surface area (Å²) in [5.74, 6) is -1.03. The molecule has 5 N–H and O–H groups in total. The molecule has 2 heterocycles. The van der Waals surface area contributed by atoms with Crippen LogP contribution in [0.15, 0.2) is 0 Å². The van der Waals surface area contributed by atoms with Crippen molar-refractivity contribution < 1.29 is 19.5 Å². The maximum Gasteiger partial charge on any atom is 0.326 e. The molecule has 4 atom stereocenters. The maximum absolute atomic E-state index is 12.7. The number of nitrogens with zero attached hydrogens (tertiary/aromatic N) is 1. The molecule has 3 aliphatic rings. The molecule has 0 aromatic carbocycles. The standard InChI is InChI=1S/C22H38N4O4/c1-22(14-27,25-21(30)24-18(20(28)29)7-4-5-13-23)17-6-2-3-8-19(17)26-15-9-10-16(26)12-11-15/h14-19H,2-13,23H2,1H3,(H,28,29)(H2,24,25,30). The van der Waals surface area contributed by atoms with Crippen molar-refractivity contribution in [3.63, 3.8) is 0 Å². The Morgan fingerprint density at radius 3 is 2.33 bits per heavy atom. The molecule has 2 saturated heterocycles. The lowest BCUT2D eigenvalue weighted by atomic mass is 9.72. The topological polar surface area (TPSA) is 125 Å². The van der Waals surface area contributed by atoms with Crippen molar-refractivity contribution in [2.45, 2.75) is 107 Å². The molecular weight excluding hydrogens is 384 g/mol. The largest absolute Gasteiger partial charge is 0.480 e. The van der Waals surface area contributed by atoms with Crippen molar-refractivity contribution in [2.75, 3.05) is 6.54 Å². The Hall–Kier alpha value is -1.67. The Labute approximate surface area is 179 Å². The van der Waals surface area contributed by atoms with E-state index in [0.717, 1.165) is 32.0 Å². The minimum atomic E-state index is -1.07. The third-order valence-electron chi connectivity index (χ3n) is 7.57. The number of carbonyl (C=O) groups is 3. The Morgan fingerprint density at radius 2 is 1.77 bits per heavy atom. The van der Waals surface area contributed by atoms with Gasteiger partial charge in [-0.1, -0.05) is 12.8 Å². The zero-order valence-electron chi connectivity index (χ0n) is 18.1. The molecular formula is C22H38N4O4. The summed E-state index contributed by atoms with van der Waals surface area (Å²) in [6, 6.07) is -0.0369. The number of unbranched alkanes of at least 4 members (excludes halogenated alkanes) is 1. The second-order valence-electron chi connectivity index (χ2n) is 9.54. The van der Waals surface area contributed by atoms with E-state index in [0.29, 0.717) is 43.9 Å². The van der Waals surface area contributed by atoms with Crippen LogP contribution in [0.25, 0.3) is 0 Å². The van der Waals surface area contributed by atoms with E-state index in [-0.39, 0.29) is 5.92 Å². The summed E-state index contributed by atoms with van der Waals surface area (Å²) in [6.45, 7) is 2.29. The van der Waals surface area contributed by atoms with E-state index >= 15 is 0 Å².